The highest BCUT2D eigenvalue weighted by Crippen LogP contribution is 2.16. The van der Waals surface area contributed by atoms with Gasteiger partial charge in [0, 0.05) is 11.1 Å². The lowest BCUT2D eigenvalue weighted by molar-refractivity contribution is 0.201. The van der Waals surface area contributed by atoms with Gasteiger partial charge in [-0.1, -0.05) is 0 Å². The molecule has 1 aromatic heterocycles. The zero-order chi connectivity index (χ0) is 11.9. The standard InChI is InChI=1S/C12H14N2O2S/c15-5-6-16-12-3-1-10(2-4-12)13-7-11-8-17-9-14-11/h1-4,8-9,13,15H,5-7H2. The van der Waals surface area contributed by atoms with Gasteiger partial charge in [0.1, 0.15) is 12.4 Å². The molecule has 0 unspecified atom stereocenters. The Bertz CT molecular complexity index is 428. The molecular weight excluding hydrogens is 236 g/mol. The second kappa shape index (κ2) is 6.22. The van der Waals surface area contributed by atoms with E-state index in [4.69, 9.17) is 9.84 Å². The normalized spacial score (nSPS) is 10.2. The minimum Gasteiger partial charge on any atom is -0.491 e. The Morgan fingerprint density at radius 1 is 1.29 bits per heavy atom. The molecule has 0 spiro atoms. The van der Waals surface area contributed by atoms with E-state index in [0.29, 0.717) is 6.61 Å². The molecule has 0 saturated heterocycles. The topological polar surface area (TPSA) is 54.4 Å². The van der Waals surface area contributed by atoms with E-state index in [1.54, 1.807) is 11.3 Å². The summed E-state index contributed by atoms with van der Waals surface area (Å²) in [4.78, 5) is 4.19. The lowest BCUT2D eigenvalue weighted by Crippen LogP contribution is -2.02. The fraction of sp³-hybridized carbons (Fsp3) is 0.250. The zero-order valence-corrected chi connectivity index (χ0v) is 10.1. The molecule has 0 fully saturated rings. The van der Waals surface area contributed by atoms with Gasteiger partial charge in [-0.3, -0.25) is 0 Å². The summed E-state index contributed by atoms with van der Waals surface area (Å²) in [5.74, 6) is 0.762. The number of aliphatic hydroxyl groups excluding tert-OH is 1. The zero-order valence-electron chi connectivity index (χ0n) is 9.30. The first-order chi connectivity index (χ1) is 8.38. The van der Waals surface area contributed by atoms with Crippen LogP contribution in [0.5, 0.6) is 5.75 Å². The van der Waals surface area contributed by atoms with Crippen molar-refractivity contribution in [1.82, 2.24) is 4.98 Å². The Kier molecular flexibility index (Phi) is 4.35. The number of hydrogen-bond donors (Lipinski definition) is 2. The molecule has 1 heterocycles. The quantitative estimate of drug-likeness (QED) is 0.824. The van der Waals surface area contributed by atoms with E-state index in [1.165, 1.54) is 0 Å². The smallest absolute Gasteiger partial charge is 0.119 e. The van der Waals surface area contributed by atoms with Gasteiger partial charge in [0.15, 0.2) is 0 Å². The third-order valence-corrected chi connectivity index (χ3v) is 2.81. The maximum Gasteiger partial charge on any atom is 0.119 e. The third-order valence-electron chi connectivity index (χ3n) is 2.17. The summed E-state index contributed by atoms with van der Waals surface area (Å²) in [6.45, 7) is 1.08. The van der Waals surface area contributed by atoms with Crippen LogP contribution in [0.4, 0.5) is 5.69 Å². The highest BCUT2D eigenvalue weighted by Gasteiger charge is 1.97. The van der Waals surface area contributed by atoms with Gasteiger partial charge >= 0.3 is 0 Å². The molecule has 0 aliphatic rings. The van der Waals surface area contributed by atoms with Crippen molar-refractivity contribution in [1.29, 1.82) is 0 Å². The summed E-state index contributed by atoms with van der Waals surface area (Å²) in [5, 5.41) is 13.9. The van der Waals surface area contributed by atoms with Crippen LogP contribution >= 0.6 is 11.3 Å². The predicted molar refractivity (Wildman–Crippen MR) is 68.5 cm³/mol. The van der Waals surface area contributed by atoms with E-state index in [0.717, 1.165) is 23.7 Å². The molecule has 2 aromatic rings. The Balaban J connectivity index is 1.85. The molecule has 2 rings (SSSR count). The van der Waals surface area contributed by atoms with Gasteiger partial charge in [-0.25, -0.2) is 4.98 Å². The van der Waals surface area contributed by atoms with Crippen molar-refractivity contribution in [2.24, 2.45) is 0 Å². The van der Waals surface area contributed by atoms with Gasteiger partial charge in [0.25, 0.3) is 0 Å². The number of hydrogen-bond acceptors (Lipinski definition) is 5. The number of thiazole rings is 1. The Morgan fingerprint density at radius 2 is 2.12 bits per heavy atom. The molecule has 90 valence electrons. The van der Waals surface area contributed by atoms with Gasteiger partial charge < -0.3 is 15.2 Å². The van der Waals surface area contributed by atoms with E-state index in [-0.39, 0.29) is 6.61 Å². The molecule has 5 heteroatoms. The van der Waals surface area contributed by atoms with Gasteiger partial charge in [-0.05, 0) is 24.3 Å². The van der Waals surface area contributed by atoms with Crippen molar-refractivity contribution in [2.75, 3.05) is 18.5 Å². The predicted octanol–water partition coefficient (Wildman–Crippen LogP) is 2.13. The van der Waals surface area contributed by atoms with Crippen LogP contribution in [0.3, 0.4) is 0 Å². The van der Waals surface area contributed by atoms with Gasteiger partial charge in [-0.15, -0.1) is 11.3 Å². The van der Waals surface area contributed by atoms with Crippen molar-refractivity contribution in [3.63, 3.8) is 0 Å². The molecule has 17 heavy (non-hydrogen) atoms. The number of rotatable bonds is 6. The van der Waals surface area contributed by atoms with E-state index >= 15 is 0 Å². The summed E-state index contributed by atoms with van der Waals surface area (Å²) < 4.78 is 5.27. The number of nitrogens with one attached hydrogen (secondary N) is 1. The molecule has 1 aromatic carbocycles. The van der Waals surface area contributed by atoms with Crippen molar-refractivity contribution < 1.29 is 9.84 Å². The van der Waals surface area contributed by atoms with Crippen molar-refractivity contribution >= 4 is 17.0 Å². The van der Waals surface area contributed by atoms with Gasteiger partial charge in [-0.2, -0.15) is 0 Å². The summed E-state index contributed by atoms with van der Waals surface area (Å²) >= 11 is 1.59. The second-order valence-electron chi connectivity index (χ2n) is 3.43. The van der Waals surface area contributed by atoms with Crippen LogP contribution in [0.25, 0.3) is 0 Å². The highest BCUT2D eigenvalue weighted by atomic mass is 32.1. The molecule has 0 atom stereocenters. The molecule has 0 radical (unpaired) electrons. The molecule has 0 aliphatic carbocycles. The Labute approximate surface area is 104 Å². The molecule has 0 aliphatic heterocycles. The molecule has 0 saturated carbocycles. The van der Waals surface area contributed by atoms with Gasteiger partial charge in [0.2, 0.25) is 0 Å². The van der Waals surface area contributed by atoms with Crippen LogP contribution in [0.15, 0.2) is 35.2 Å². The first-order valence-corrected chi connectivity index (χ1v) is 6.27. The van der Waals surface area contributed by atoms with E-state index < -0.39 is 0 Å². The number of aliphatic hydroxyl groups is 1. The fourth-order valence-corrected chi connectivity index (χ4v) is 1.91. The average molecular weight is 250 g/mol. The summed E-state index contributed by atoms with van der Waals surface area (Å²) in [6, 6.07) is 7.64. The first kappa shape index (κ1) is 11.9. The minimum atomic E-state index is 0.0316. The van der Waals surface area contributed by atoms with Crippen molar-refractivity contribution in [3.05, 3.63) is 40.8 Å². The lowest BCUT2D eigenvalue weighted by atomic mass is 10.3. The number of ether oxygens (including phenoxy) is 1. The van der Waals surface area contributed by atoms with Crippen molar-refractivity contribution in [3.8, 4) is 5.75 Å². The monoisotopic (exact) mass is 250 g/mol. The van der Waals surface area contributed by atoms with Gasteiger partial charge in [0.05, 0.1) is 24.4 Å². The Morgan fingerprint density at radius 3 is 2.76 bits per heavy atom. The van der Waals surface area contributed by atoms with Crippen LogP contribution in [-0.4, -0.2) is 23.3 Å². The summed E-state index contributed by atoms with van der Waals surface area (Å²) in [7, 11) is 0. The molecule has 0 amide bonds. The number of anilines is 1. The lowest BCUT2D eigenvalue weighted by Gasteiger charge is -2.07. The molecule has 0 bridgehead atoms. The van der Waals surface area contributed by atoms with E-state index in [9.17, 15) is 0 Å². The highest BCUT2D eigenvalue weighted by molar-refractivity contribution is 7.07. The summed E-state index contributed by atoms with van der Waals surface area (Å²) in [6.07, 6.45) is 0. The third kappa shape index (κ3) is 3.72. The molecular formula is C12H14N2O2S. The SMILES string of the molecule is OCCOc1ccc(NCc2cscn2)cc1. The van der Waals surface area contributed by atoms with Crippen LogP contribution in [0.2, 0.25) is 0 Å². The number of benzene rings is 1. The van der Waals surface area contributed by atoms with Crippen LogP contribution in [0, 0.1) is 0 Å². The number of aromatic nitrogens is 1. The molecule has 2 N–H and O–H groups in total. The fourth-order valence-electron chi connectivity index (χ4n) is 1.35. The maximum absolute atomic E-state index is 8.63. The maximum atomic E-state index is 8.63. The van der Waals surface area contributed by atoms with Crippen LogP contribution in [0.1, 0.15) is 5.69 Å². The van der Waals surface area contributed by atoms with Crippen LogP contribution in [-0.2, 0) is 6.54 Å². The molecule has 4 nitrogen and oxygen atoms in total. The minimum absolute atomic E-state index is 0.0316. The first-order valence-electron chi connectivity index (χ1n) is 5.33. The Hall–Kier alpha value is -1.59. The van der Waals surface area contributed by atoms with Crippen molar-refractivity contribution in [2.45, 2.75) is 6.54 Å². The summed E-state index contributed by atoms with van der Waals surface area (Å²) in [5.41, 5.74) is 3.88. The second-order valence-corrected chi connectivity index (χ2v) is 4.15. The number of nitrogens with zero attached hydrogens (tertiary/aromatic N) is 1. The largest absolute Gasteiger partial charge is 0.491 e. The van der Waals surface area contributed by atoms with E-state index in [1.807, 2.05) is 35.2 Å². The van der Waals surface area contributed by atoms with E-state index in [2.05, 4.69) is 10.3 Å². The average Bonchev–Trinajstić information content (AvgIpc) is 2.88. The van der Waals surface area contributed by atoms with Crippen LogP contribution < -0.4 is 10.1 Å².